The third-order valence-corrected chi connectivity index (χ3v) is 4.80. The molecule has 1 unspecified atom stereocenters. The third-order valence-electron chi connectivity index (χ3n) is 4.80. The third kappa shape index (κ3) is 6.48. The van der Waals surface area contributed by atoms with Crippen LogP contribution in [0, 0.1) is 5.92 Å². The number of benzene rings is 1. The Bertz CT molecular complexity index is 604. The molecule has 1 saturated carbocycles. The number of carbonyl (C=O) groups is 1. The van der Waals surface area contributed by atoms with E-state index in [4.69, 9.17) is 24.7 Å². The van der Waals surface area contributed by atoms with E-state index in [0.29, 0.717) is 42.0 Å². The fourth-order valence-electron chi connectivity index (χ4n) is 3.42. The first kappa shape index (κ1) is 22.1. The Morgan fingerprint density at radius 2 is 1.79 bits per heavy atom. The number of esters is 1. The Labute approximate surface area is 167 Å². The van der Waals surface area contributed by atoms with Crippen LogP contribution in [0.1, 0.15) is 46.0 Å². The van der Waals surface area contributed by atoms with Crippen LogP contribution in [-0.2, 0) is 9.53 Å². The molecule has 158 valence electrons. The standard InChI is InChI=1S/C21H34N2O5/c1-14(2)11-17(21(24)28-16-7-5-6-8-16)23-9-10-27-20-18(25-3)12-15(22)13-19(20)26-4/h12-14,16-17,23H,5-11,22H2,1-4H3. The summed E-state index contributed by atoms with van der Waals surface area (Å²) in [5, 5.41) is 3.28. The average Bonchev–Trinajstić information content (AvgIpc) is 3.16. The number of hydrogen-bond donors (Lipinski definition) is 2. The zero-order valence-corrected chi connectivity index (χ0v) is 17.5. The summed E-state index contributed by atoms with van der Waals surface area (Å²) in [5.41, 5.74) is 6.37. The van der Waals surface area contributed by atoms with Gasteiger partial charge in [0.2, 0.25) is 5.75 Å². The van der Waals surface area contributed by atoms with E-state index in [1.165, 1.54) is 0 Å². The maximum Gasteiger partial charge on any atom is 0.323 e. The van der Waals surface area contributed by atoms with Crippen molar-refractivity contribution in [2.45, 2.75) is 58.1 Å². The summed E-state index contributed by atoms with van der Waals surface area (Å²) >= 11 is 0. The minimum atomic E-state index is -0.334. The second-order valence-electron chi connectivity index (χ2n) is 7.58. The predicted octanol–water partition coefficient (Wildman–Crippen LogP) is 3.15. The lowest BCUT2D eigenvalue weighted by Crippen LogP contribution is -2.42. The zero-order valence-electron chi connectivity index (χ0n) is 17.5. The van der Waals surface area contributed by atoms with Crippen molar-refractivity contribution in [1.82, 2.24) is 5.32 Å². The lowest BCUT2D eigenvalue weighted by atomic mass is 10.0. The molecule has 0 aliphatic heterocycles. The van der Waals surface area contributed by atoms with Gasteiger partial charge in [0.05, 0.1) is 14.2 Å². The SMILES string of the molecule is COc1cc(N)cc(OC)c1OCCNC(CC(C)C)C(=O)OC1CCCC1. The molecule has 1 aliphatic carbocycles. The van der Waals surface area contributed by atoms with Gasteiger partial charge in [-0.05, 0) is 38.0 Å². The summed E-state index contributed by atoms with van der Waals surface area (Å²) in [7, 11) is 3.11. The summed E-state index contributed by atoms with van der Waals surface area (Å²) in [6.07, 6.45) is 5.02. The van der Waals surface area contributed by atoms with Gasteiger partial charge in [-0.3, -0.25) is 4.79 Å². The molecule has 3 N–H and O–H groups in total. The molecule has 7 heteroatoms. The van der Waals surface area contributed by atoms with Gasteiger partial charge in [0.1, 0.15) is 18.8 Å². The van der Waals surface area contributed by atoms with Crippen molar-refractivity contribution in [1.29, 1.82) is 0 Å². The number of nitrogens with one attached hydrogen (secondary N) is 1. The van der Waals surface area contributed by atoms with Crippen molar-refractivity contribution in [2.75, 3.05) is 33.1 Å². The van der Waals surface area contributed by atoms with Crippen LogP contribution in [0.2, 0.25) is 0 Å². The average molecular weight is 395 g/mol. The maximum atomic E-state index is 12.6. The zero-order chi connectivity index (χ0) is 20.5. The lowest BCUT2D eigenvalue weighted by Gasteiger charge is -2.22. The monoisotopic (exact) mass is 394 g/mol. The number of hydrogen-bond acceptors (Lipinski definition) is 7. The summed E-state index contributed by atoms with van der Waals surface area (Å²) in [6, 6.07) is 3.04. The molecule has 7 nitrogen and oxygen atoms in total. The number of carbonyl (C=O) groups excluding carboxylic acids is 1. The van der Waals surface area contributed by atoms with Crippen LogP contribution in [0.5, 0.6) is 17.2 Å². The van der Waals surface area contributed by atoms with E-state index in [0.717, 1.165) is 32.1 Å². The lowest BCUT2D eigenvalue weighted by molar-refractivity contribution is -0.151. The fraction of sp³-hybridized carbons (Fsp3) is 0.667. The van der Waals surface area contributed by atoms with Crippen LogP contribution in [0.3, 0.4) is 0 Å². The Morgan fingerprint density at radius 1 is 1.18 bits per heavy atom. The van der Waals surface area contributed by atoms with Gasteiger partial charge in [0, 0.05) is 24.4 Å². The summed E-state index contributed by atoms with van der Waals surface area (Å²) in [5.74, 6) is 1.73. The first-order valence-corrected chi connectivity index (χ1v) is 10.0. The molecule has 0 heterocycles. The van der Waals surface area contributed by atoms with Gasteiger partial charge in [0.25, 0.3) is 0 Å². The molecule has 1 atom stereocenters. The first-order valence-electron chi connectivity index (χ1n) is 10.0. The number of anilines is 1. The molecule has 0 amide bonds. The topological polar surface area (TPSA) is 92.0 Å². The van der Waals surface area contributed by atoms with E-state index < -0.39 is 0 Å². The highest BCUT2D eigenvalue weighted by atomic mass is 16.5. The second-order valence-corrected chi connectivity index (χ2v) is 7.58. The molecule has 0 spiro atoms. The van der Waals surface area contributed by atoms with Crippen LogP contribution >= 0.6 is 0 Å². The van der Waals surface area contributed by atoms with Gasteiger partial charge < -0.3 is 30.0 Å². The van der Waals surface area contributed by atoms with Crippen LogP contribution in [0.15, 0.2) is 12.1 Å². The van der Waals surface area contributed by atoms with Crippen molar-refractivity contribution in [3.63, 3.8) is 0 Å². The molecular formula is C21H34N2O5. The van der Waals surface area contributed by atoms with Gasteiger partial charge in [-0.1, -0.05) is 13.8 Å². The van der Waals surface area contributed by atoms with E-state index >= 15 is 0 Å². The predicted molar refractivity (Wildman–Crippen MR) is 109 cm³/mol. The van der Waals surface area contributed by atoms with Crippen molar-refractivity contribution in [2.24, 2.45) is 5.92 Å². The fourth-order valence-corrected chi connectivity index (χ4v) is 3.42. The Morgan fingerprint density at radius 3 is 2.32 bits per heavy atom. The molecule has 1 aromatic rings. The largest absolute Gasteiger partial charge is 0.493 e. The summed E-state index contributed by atoms with van der Waals surface area (Å²) in [6.45, 7) is 5.03. The number of nitrogens with two attached hydrogens (primary N) is 1. The molecule has 1 aliphatic rings. The first-order chi connectivity index (χ1) is 13.4. The van der Waals surface area contributed by atoms with E-state index in [1.54, 1.807) is 26.4 Å². The number of nitrogen functional groups attached to an aromatic ring is 1. The van der Waals surface area contributed by atoms with Crippen molar-refractivity contribution in [3.8, 4) is 17.2 Å². The molecule has 0 radical (unpaired) electrons. The second kappa shape index (κ2) is 11.0. The number of methoxy groups -OCH3 is 2. The maximum absolute atomic E-state index is 12.6. The smallest absolute Gasteiger partial charge is 0.323 e. The number of ether oxygens (including phenoxy) is 4. The molecule has 1 aromatic carbocycles. The van der Waals surface area contributed by atoms with E-state index in [1.807, 2.05) is 0 Å². The van der Waals surface area contributed by atoms with Crippen LogP contribution in [0.25, 0.3) is 0 Å². The highest BCUT2D eigenvalue weighted by Gasteiger charge is 2.26. The minimum absolute atomic E-state index is 0.0727. The van der Waals surface area contributed by atoms with Crippen molar-refractivity contribution >= 4 is 11.7 Å². The molecule has 2 rings (SSSR count). The summed E-state index contributed by atoms with van der Waals surface area (Å²) in [4.78, 5) is 12.6. The van der Waals surface area contributed by atoms with E-state index in [9.17, 15) is 4.79 Å². The Hall–Kier alpha value is -2.15. The Kier molecular flexibility index (Phi) is 8.70. The van der Waals surface area contributed by atoms with Gasteiger partial charge in [-0.15, -0.1) is 0 Å². The summed E-state index contributed by atoms with van der Waals surface area (Å²) < 4.78 is 22.2. The molecule has 0 aromatic heterocycles. The number of rotatable bonds is 11. The highest BCUT2D eigenvalue weighted by Crippen LogP contribution is 2.39. The van der Waals surface area contributed by atoms with Crippen LogP contribution in [0.4, 0.5) is 5.69 Å². The highest BCUT2D eigenvalue weighted by molar-refractivity contribution is 5.76. The van der Waals surface area contributed by atoms with Gasteiger partial charge in [-0.25, -0.2) is 0 Å². The van der Waals surface area contributed by atoms with Gasteiger partial charge >= 0.3 is 5.97 Å². The van der Waals surface area contributed by atoms with Crippen molar-refractivity contribution < 1.29 is 23.7 Å². The molecule has 0 saturated heterocycles. The van der Waals surface area contributed by atoms with Gasteiger partial charge in [0.15, 0.2) is 11.5 Å². The normalized spacial score (nSPS) is 15.5. The van der Waals surface area contributed by atoms with Crippen molar-refractivity contribution in [3.05, 3.63) is 12.1 Å². The van der Waals surface area contributed by atoms with E-state index in [-0.39, 0.29) is 18.1 Å². The molecular weight excluding hydrogens is 360 g/mol. The quantitative estimate of drug-likeness (QED) is 0.338. The van der Waals surface area contributed by atoms with Crippen LogP contribution in [-0.4, -0.2) is 45.5 Å². The van der Waals surface area contributed by atoms with E-state index in [2.05, 4.69) is 19.2 Å². The molecule has 0 bridgehead atoms. The van der Waals surface area contributed by atoms with Gasteiger partial charge in [-0.2, -0.15) is 0 Å². The molecule has 28 heavy (non-hydrogen) atoms. The Balaban J connectivity index is 1.90. The van der Waals surface area contributed by atoms with Crippen LogP contribution < -0.4 is 25.3 Å². The molecule has 1 fully saturated rings. The minimum Gasteiger partial charge on any atom is -0.493 e.